The van der Waals surface area contributed by atoms with Crippen molar-refractivity contribution >= 4 is 56.5 Å². The fourth-order valence-corrected chi connectivity index (χ4v) is 5.23. The first-order chi connectivity index (χ1) is 13.5. The van der Waals surface area contributed by atoms with Crippen molar-refractivity contribution in [2.45, 2.75) is 4.75 Å². The van der Waals surface area contributed by atoms with Gasteiger partial charge in [0.2, 0.25) is 0 Å². The summed E-state index contributed by atoms with van der Waals surface area (Å²) >= 11 is 24.0. The SMILES string of the molecule is O=S(=O)(O)C(c1ccc(Cl)cc1)(c1cc(Cl)c(O)c(Cl)c1)c1cc(Cl)ccc1O. The maximum absolute atomic E-state index is 12.9. The van der Waals surface area contributed by atoms with Crippen LogP contribution in [0.2, 0.25) is 20.1 Å². The van der Waals surface area contributed by atoms with Crippen LogP contribution >= 0.6 is 46.4 Å². The van der Waals surface area contributed by atoms with Gasteiger partial charge in [-0.3, -0.25) is 4.55 Å². The summed E-state index contributed by atoms with van der Waals surface area (Å²) in [6.45, 7) is 0. The molecule has 3 aromatic carbocycles. The molecule has 1 atom stereocenters. The van der Waals surface area contributed by atoms with E-state index in [1.807, 2.05) is 0 Å². The second-order valence-corrected chi connectivity index (χ2v) is 9.36. The Balaban J connectivity index is 2.58. The molecule has 0 saturated heterocycles. The van der Waals surface area contributed by atoms with Crippen molar-refractivity contribution < 1.29 is 23.2 Å². The summed E-state index contributed by atoms with van der Waals surface area (Å²) < 4.78 is 33.9. The van der Waals surface area contributed by atoms with Crippen molar-refractivity contribution in [3.05, 3.63) is 91.4 Å². The Morgan fingerprint density at radius 3 is 1.76 bits per heavy atom. The molecule has 0 amide bonds. The predicted molar refractivity (Wildman–Crippen MR) is 114 cm³/mol. The van der Waals surface area contributed by atoms with E-state index >= 15 is 0 Å². The van der Waals surface area contributed by atoms with Crippen molar-refractivity contribution in [1.82, 2.24) is 0 Å². The molecule has 0 aromatic heterocycles. The average molecular weight is 494 g/mol. The molecule has 152 valence electrons. The molecule has 0 radical (unpaired) electrons. The number of hydrogen-bond donors (Lipinski definition) is 3. The minimum absolute atomic E-state index is 0.0276. The molecule has 0 spiro atoms. The summed E-state index contributed by atoms with van der Waals surface area (Å²) in [6.07, 6.45) is 0. The minimum Gasteiger partial charge on any atom is -0.508 e. The highest BCUT2D eigenvalue weighted by molar-refractivity contribution is 7.87. The highest BCUT2D eigenvalue weighted by Crippen LogP contribution is 2.50. The third-order valence-corrected chi connectivity index (χ3v) is 6.93. The van der Waals surface area contributed by atoms with E-state index in [2.05, 4.69) is 0 Å². The third kappa shape index (κ3) is 3.77. The van der Waals surface area contributed by atoms with Crippen molar-refractivity contribution in [3.63, 3.8) is 0 Å². The van der Waals surface area contributed by atoms with Gasteiger partial charge in [-0.2, -0.15) is 8.42 Å². The second-order valence-electron chi connectivity index (χ2n) is 6.11. The molecule has 3 rings (SSSR count). The van der Waals surface area contributed by atoms with Gasteiger partial charge < -0.3 is 10.2 Å². The van der Waals surface area contributed by atoms with Crippen LogP contribution in [-0.4, -0.2) is 23.2 Å². The topological polar surface area (TPSA) is 94.8 Å². The van der Waals surface area contributed by atoms with Crippen LogP contribution in [0.4, 0.5) is 0 Å². The Hall–Kier alpha value is -1.67. The van der Waals surface area contributed by atoms with E-state index in [0.717, 1.165) is 12.1 Å². The van der Waals surface area contributed by atoms with Crippen LogP contribution in [0.5, 0.6) is 11.5 Å². The van der Waals surface area contributed by atoms with Crippen LogP contribution in [0.25, 0.3) is 0 Å². The average Bonchev–Trinajstić information content (AvgIpc) is 2.63. The van der Waals surface area contributed by atoms with Crippen LogP contribution in [0.15, 0.2) is 54.6 Å². The van der Waals surface area contributed by atoms with Gasteiger partial charge in [0, 0.05) is 15.6 Å². The Labute approximate surface area is 186 Å². The molecule has 0 aliphatic heterocycles. The molecular formula is C19H12Cl4O5S. The van der Waals surface area contributed by atoms with Crippen LogP contribution in [0.3, 0.4) is 0 Å². The maximum Gasteiger partial charge on any atom is 0.283 e. The van der Waals surface area contributed by atoms with Gasteiger partial charge in [0.05, 0.1) is 10.0 Å². The number of benzene rings is 3. The summed E-state index contributed by atoms with van der Waals surface area (Å²) in [5, 5.41) is 20.4. The van der Waals surface area contributed by atoms with Gasteiger partial charge in [-0.05, 0) is 53.6 Å². The Morgan fingerprint density at radius 2 is 1.24 bits per heavy atom. The van der Waals surface area contributed by atoms with Crippen LogP contribution in [0.1, 0.15) is 16.7 Å². The van der Waals surface area contributed by atoms with Crippen molar-refractivity contribution in [3.8, 4) is 11.5 Å². The second kappa shape index (κ2) is 7.87. The first-order valence-electron chi connectivity index (χ1n) is 7.89. The first-order valence-corrected chi connectivity index (χ1v) is 10.8. The van der Waals surface area contributed by atoms with Gasteiger partial charge >= 0.3 is 0 Å². The summed E-state index contributed by atoms with van der Waals surface area (Å²) in [5.74, 6) is -0.921. The normalized spacial score (nSPS) is 13.8. The van der Waals surface area contributed by atoms with E-state index in [1.165, 1.54) is 42.5 Å². The zero-order valence-electron chi connectivity index (χ0n) is 14.3. The summed E-state index contributed by atoms with van der Waals surface area (Å²) in [5.41, 5.74) is -0.347. The lowest BCUT2D eigenvalue weighted by atomic mass is 9.83. The lowest BCUT2D eigenvalue weighted by Crippen LogP contribution is -2.38. The van der Waals surface area contributed by atoms with E-state index in [4.69, 9.17) is 46.4 Å². The largest absolute Gasteiger partial charge is 0.508 e. The molecule has 0 fully saturated rings. The van der Waals surface area contributed by atoms with Crippen LogP contribution in [0, 0.1) is 0 Å². The van der Waals surface area contributed by atoms with E-state index in [9.17, 15) is 23.2 Å². The van der Waals surface area contributed by atoms with E-state index in [1.54, 1.807) is 0 Å². The number of hydrogen-bond acceptors (Lipinski definition) is 4. The Bertz CT molecular complexity index is 1170. The molecule has 29 heavy (non-hydrogen) atoms. The molecule has 10 heteroatoms. The lowest BCUT2D eigenvalue weighted by Gasteiger charge is -2.33. The van der Waals surface area contributed by atoms with Crippen molar-refractivity contribution in [2.24, 2.45) is 0 Å². The molecular weight excluding hydrogens is 482 g/mol. The maximum atomic E-state index is 12.9. The molecule has 5 nitrogen and oxygen atoms in total. The highest BCUT2D eigenvalue weighted by atomic mass is 35.5. The van der Waals surface area contributed by atoms with Crippen molar-refractivity contribution in [2.75, 3.05) is 0 Å². The summed E-state index contributed by atoms with van der Waals surface area (Å²) in [7, 11) is -5.04. The number of halogens is 4. The summed E-state index contributed by atoms with van der Waals surface area (Å²) in [4.78, 5) is 0. The van der Waals surface area contributed by atoms with Gasteiger partial charge in [-0.1, -0.05) is 58.5 Å². The Morgan fingerprint density at radius 1 is 0.724 bits per heavy atom. The molecule has 1 unspecified atom stereocenters. The molecule has 0 heterocycles. The van der Waals surface area contributed by atoms with E-state index < -0.39 is 26.4 Å². The highest BCUT2D eigenvalue weighted by Gasteiger charge is 2.50. The predicted octanol–water partition coefficient (Wildman–Crippen LogP) is 5.89. The van der Waals surface area contributed by atoms with Crippen LogP contribution in [-0.2, 0) is 14.9 Å². The number of phenols is 2. The van der Waals surface area contributed by atoms with Crippen LogP contribution < -0.4 is 0 Å². The number of rotatable bonds is 4. The standard InChI is InChI=1S/C19H12Cl4O5S/c20-12-3-1-10(2-4-12)19(29(26,27)28,14-9-13(21)5-6-17(14)24)11-7-15(22)18(25)16(23)8-11/h1-9,24-25H,(H,26,27,28). The van der Waals surface area contributed by atoms with Gasteiger partial charge in [-0.15, -0.1) is 0 Å². The molecule has 0 bridgehead atoms. The fraction of sp³-hybridized carbons (Fsp3) is 0.0526. The van der Waals surface area contributed by atoms with Gasteiger partial charge in [0.25, 0.3) is 10.1 Å². The smallest absolute Gasteiger partial charge is 0.283 e. The minimum atomic E-state index is -5.04. The zero-order chi connectivity index (χ0) is 21.6. The van der Waals surface area contributed by atoms with Gasteiger partial charge in [0.15, 0.2) is 10.5 Å². The summed E-state index contributed by atoms with van der Waals surface area (Å²) in [6, 6.07) is 11.6. The lowest BCUT2D eigenvalue weighted by molar-refractivity contribution is 0.440. The molecule has 0 aliphatic carbocycles. The van der Waals surface area contributed by atoms with E-state index in [-0.39, 0.29) is 31.8 Å². The molecule has 0 aliphatic rings. The van der Waals surface area contributed by atoms with Crippen molar-refractivity contribution in [1.29, 1.82) is 0 Å². The first kappa shape index (κ1) is 22.0. The molecule has 3 N–H and O–H groups in total. The molecule has 3 aromatic rings. The van der Waals surface area contributed by atoms with E-state index in [0.29, 0.717) is 5.02 Å². The zero-order valence-corrected chi connectivity index (χ0v) is 18.1. The number of aromatic hydroxyl groups is 2. The van der Waals surface area contributed by atoms with Gasteiger partial charge in [-0.25, -0.2) is 0 Å². The molecule has 0 saturated carbocycles. The number of phenolic OH excluding ortho intramolecular Hbond substituents is 2. The fourth-order valence-electron chi connectivity index (χ4n) is 3.16. The Kier molecular flexibility index (Phi) is 5.98. The quantitative estimate of drug-likeness (QED) is 0.311. The van der Waals surface area contributed by atoms with Gasteiger partial charge in [0.1, 0.15) is 5.75 Å². The monoisotopic (exact) mass is 492 g/mol. The third-order valence-electron chi connectivity index (χ3n) is 4.40.